The van der Waals surface area contributed by atoms with Gasteiger partial charge in [0.05, 0.1) is 33.4 Å². The normalized spacial score (nSPS) is 14.7. The summed E-state index contributed by atoms with van der Waals surface area (Å²) in [5, 5.41) is 0. The van der Waals surface area contributed by atoms with Gasteiger partial charge in [0.15, 0.2) is 36.6 Å². The van der Waals surface area contributed by atoms with Crippen molar-refractivity contribution < 1.29 is 136 Å². The van der Waals surface area contributed by atoms with E-state index in [9.17, 15) is 0 Å². The molecule has 0 radical (unpaired) electrons. The number of alkyl halides is 18. The van der Waals surface area contributed by atoms with Crippen molar-refractivity contribution in [3.8, 4) is 0 Å². The van der Waals surface area contributed by atoms with Gasteiger partial charge in [0.2, 0.25) is 0 Å². The zero-order valence-corrected chi connectivity index (χ0v) is 51.4. The standard InChI is InChI=1S/C60H84F18O12/c1-7-13-19-25-31-37(55(61,62)63)85-49(79)43-44(50(80)86-38(56(64,65)66)32-26-20-14-8-2)46(52(82)88-40(58(70,71)72)34-28-22-16-10-4)48(54(84)90-42(60(76,77)78)36-30-24-18-12-6)47(53(83)89-41(59(73,74)75)35-29-23-17-11-5)45(43)51(81)87-39(57(67,68)69)33-27-21-15-9-3/h37-42H,7-36H2,1-6H3/t37-,38-,39-,40-,41-,42-/m0/s1. The third kappa shape index (κ3) is 28.7. The summed E-state index contributed by atoms with van der Waals surface area (Å²) in [6.07, 6.45) is -65.6. The SMILES string of the molecule is CCCCCC[C@H](OC(=O)c1c(C(=O)O[C@@H](CCCCCC)C(F)(F)F)c(C(=O)O[C@@H](CCCCCC)C(F)(F)F)c(C(=O)O[C@@H](CCCCCC)C(F)(F)F)c(C(=O)O[C@@H](CCCCCC)C(F)(F)F)c1C(=O)O[C@@H](CCCCCC)C(F)(F)F)C(F)(F)F. The first-order valence-corrected chi connectivity index (χ1v) is 30.7. The Kier molecular flexibility index (Phi) is 36.2. The molecule has 0 amide bonds. The van der Waals surface area contributed by atoms with Gasteiger partial charge in [-0.2, -0.15) is 79.0 Å². The van der Waals surface area contributed by atoms with E-state index in [4.69, 9.17) is 28.4 Å². The first-order valence-electron chi connectivity index (χ1n) is 30.7. The van der Waals surface area contributed by atoms with Crippen LogP contribution >= 0.6 is 0 Å². The number of hydrogen-bond donors (Lipinski definition) is 0. The largest absolute Gasteiger partial charge is 0.449 e. The van der Waals surface area contributed by atoms with Gasteiger partial charge in [-0.05, 0) is 77.0 Å². The molecule has 0 bridgehead atoms. The Balaban J connectivity index is 5.63. The molecule has 90 heavy (non-hydrogen) atoms. The molecule has 0 N–H and O–H groups in total. The molecule has 1 aromatic carbocycles. The minimum Gasteiger partial charge on any atom is -0.449 e. The van der Waals surface area contributed by atoms with E-state index < -0.39 is 220 Å². The molecule has 30 heteroatoms. The van der Waals surface area contributed by atoms with Crippen molar-refractivity contribution in [2.45, 2.75) is 308 Å². The number of carbonyl (C=O) groups excluding carboxylic acids is 6. The highest BCUT2D eigenvalue weighted by Gasteiger charge is 2.54. The van der Waals surface area contributed by atoms with E-state index in [0.29, 0.717) is 38.5 Å². The molecule has 0 aliphatic rings. The maximum atomic E-state index is 15.1. The lowest BCUT2D eigenvalue weighted by Crippen LogP contribution is -2.41. The van der Waals surface area contributed by atoms with Gasteiger partial charge in [-0.1, -0.05) is 157 Å². The highest BCUT2D eigenvalue weighted by molar-refractivity contribution is 6.24. The van der Waals surface area contributed by atoms with Gasteiger partial charge in [-0.3, -0.25) is 0 Å². The Bertz CT molecular complexity index is 1920. The van der Waals surface area contributed by atoms with Crippen LogP contribution in [0.3, 0.4) is 0 Å². The lowest BCUT2D eigenvalue weighted by atomic mass is 9.85. The summed E-state index contributed by atoms with van der Waals surface area (Å²) in [5.41, 5.74) is -16.4. The number of esters is 6. The number of hydrogen-bond acceptors (Lipinski definition) is 12. The lowest BCUT2D eigenvalue weighted by molar-refractivity contribution is -0.208. The second-order valence-corrected chi connectivity index (χ2v) is 22.0. The summed E-state index contributed by atoms with van der Waals surface area (Å²) >= 11 is 0. The first-order chi connectivity index (χ1) is 41.8. The Morgan fingerprint density at radius 2 is 0.333 bits per heavy atom. The fourth-order valence-corrected chi connectivity index (χ4v) is 9.38. The number of unbranched alkanes of at least 4 members (excludes halogenated alkanes) is 18. The van der Waals surface area contributed by atoms with E-state index in [2.05, 4.69) is 0 Å². The van der Waals surface area contributed by atoms with Crippen LogP contribution in [0.4, 0.5) is 79.0 Å². The molecule has 0 fully saturated rings. The molecule has 6 atom stereocenters. The van der Waals surface area contributed by atoms with Crippen LogP contribution in [0.5, 0.6) is 0 Å². The van der Waals surface area contributed by atoms with Crippen molar-refractivity contribution in [2.75, 3.05) is 0 Å². The van der Waals surface area contributed by atoms with Gasteiger partial charge in [0.1, 0.15) is 0 Å². The van der Waals surface area contributed by atoms with Crippen LogP contribution in [-0.4, -0.2) is 109 Å². The quantitative estimate of drug-likeness (QED) is 0.0264. The summed E-state index contributed by atoms with van der Waals surface area (Å²) in [7, 11) is 0. The van der Waals surface area contributed by atoms with Crippen LogP contribution in [0.1, 0.15) is 296 Å². The van der Waals surface area contributed by atoms with Crippen molar-refractivity contribution in [2.24, 2.45) is 0 Å². The predicted octanol–water partition coefficient (Wildman–Crippen LogP) is 20.0. The minimum atomic E-state index is -5.84. The molecule has 0 aromatic heterocycles. The topological polar surface area (TPSA) is 158 Å². The van der Waals surface area contributed by atoms with E-state index in [1.165, 1.54) is 0 Å². The maximum absolute atomic E-state index is 15.1. The molecule has 1 aromatic rings. The fourth-order valence-electron chi connectivity index (χ4n) is 9.38. The van der Waals surface area contributed by atoms with Gasteiger partial charge >= 0.3 is 72.9 Å². The number of ether oxygens (including phenoxy) is 6. The summed E-state index contributed by atoms with van der Waals surface area (Å²) < 4.78 is 300. The Morgan fingerprint density at radius 1 is 0.222 bits per heavy atom. The van der Waals surface area contributed by atoms with Crippen molar-refractivity contribution >= 4 is 35.8 Å². The van der Waals surface area contributed by atoms with Crippen LogP contribution in [0, 0.1) is 0 Å². The van der Waals surface area contributed by atoms with E-state index in [1.807, 2.05) is 0 Å². The van der Waals surface area contributed by atoms with Gasteiger partial charge in [0, 0.05) is 0 Å². The summed E-state index contributed by atoms with van der Waals surface area (Å²) in [5.74, 6) is -18.4. The van der Waals surface area contributed by atoms with Crippen LogP contribution in [0.25, 0.3) is 0 Å². The maximum Gasteiger partial charge on any atom is 0.425 e. The molecule has 0 saturated heterocycles. The van der Waals surface area contributed by atoms with Crippen molar-refractivity contribution in [3.63, 3.8) is 0 Å². The summed E-state index contributed by atoms with van der Waals surface area (Å²) in [6, 6.07) is 0. The predicted molar refractivity (Wildman–Crippen MR) is 291 cm³/mol. The second kappa shape index (κ2) is 39.4. The van der Waals surface area contributed by atoms with Gasteiger partial charge in [-0.25, -0.2) is 28.8 Å². The van der Waals surface area contributed by atoms with Gasteiger partial charge in [0.25, 0.3) is 0 Å². The highest BCUT2D eigenvalue weighted by Crippen LogP contribution is 2.42. The third-order valence-corrected chi connectivity index (χ3v) is 14.3. The molecule has 0 unspecified atom stereocenters. The summed E-state index contributed by atoms with van der Waals surface area (Å²) in [4.78, 5) is 90.4. The molecule has 12 nitrogen and oxygen atoms in total. The summed E-state index contributed by atoms with van der Waals surface area (Å²) in [6.45, 7) is 9.50. The van der Waals surface area contributed by atoms with Crippen molar-refractivity contribution in [3.05, 3.63) is 33.4 Å². The van der Waals surface area contributed by atoms with Crippen LogP contribution in [0.2, 0.25) is 0 Å². The monoisotopic (exact) mass is 1340 g/mol. The minimum absolute atomic E-state index is 0.109. The van der Waals surface area contributed by atoms with E-state index in [0.717, 1.165) is 0 Å². The number of benzene rings is 1. The number of halogens is 18. The molecule has 0 heterocycles. The van der Waals surface area contributed by atoms with Crippen molar-refractivity contribution in [1.82, 2.24) is 0 Å². The van der Waals surface area contributed by atoms with E-state index in [-0.39, 0.29) is 77.0 Å². The average molecular weight is 1340 g/mol. The molecule has 0 saturated carbocycles. The molecule has 0 spiro atoms. The zero-order chi connectivity index (χ0) is 68.8. The first kappa shape index (κ1) is 82.8. The molecule has 522 valence electrons. The number of rotatable bonds is 42. The fraction of sp³-hybridized carbons (Fsp3) is 0.800. The molecular weight excluding hydrogens is 1250 g/mol. The second-order valence-electron chi connectivity index (χ2n) is 22.0. The van der Waals surface area contributed by atoms with Crippen LogP contribution in [-0.2, 0) is 28.4 Å². The van der Waals surface area contributed by atoms with Gasteiger partial charge < -0.3 is 28.4 Å². The Labute approximate surface area is 512 Å². The number of carbonyl (C=O) groups is 6. The third-order valence-electron chi connectivity index (χ3n) is 14.3. The average Bonchev–Trinajstić information content (AvgIpc) is 0.727. The Hall–Kier alpha value is -5.22. The molecule has 0 aliphatic heterocycles. The van der Waals surface area contributed by atoms with Gasteiger partial charge in [-0.15, -0.1) is 0 Å². The smallest absolute Gasteiger partial charge is 0.425 e. The highest BCUT2D eigenvalue weighted by atomic mass is 19.4. The molecule has 1 rings (SSSR count). The van der Waals surface area contributed by atoms with Crippen LogP contribution in [0.15, 0.2) is 0 Å². The van der Waals surface area contributed by atoms with E-state index in [1.54, 1.807) is 41.5 Å². The zero-order valence-electron chi connectivity index (χ0n) is 51.4. The molecular formula is C60H84F18O12. The van der Waals surface area contributed by atoms with Crippen molar-refractivity contribution in [1.29, 1.82) is 0 Å². The molecule has 0 aliphatic carbocycles. The van der Waals surface area contributed by atoms with Crippen LogP contribution < -0.4 is 0 Å². The lowest BCUT2D eigenvalue weighted by Gasteiger charge is -2.29. The Morgan fingerprint density at radius 3 is 0.422 bits per heavy atom. The van der Waals surface area contributed by atoms with E-state index >= 15 is 108 Å².